The molecule has 74 valence electrons. The van der Waals surface area contributed by atoms with Crippen LogP contribution in [0.25, 0.3) is 0 Å². The first-order chi connectivity index (χ1) is 6.74. The number of hydrogen-bond acceptors (Lipinski definition) is 2. The van der Waals surface area contributed by atoms with Crippen LogP contribution in [0, 0.1) is 10.1 Å². The number of nitrogens with zero attached hydrogens (tertiary/aromatic N) is 1. The summed E-state index contributed by atoms with van der Waals surface area (Å²) in [5, 5.41) is 10.5. The minimum Gasteiger partial charge on any atom is -0.258 e. The zero-order chi connectivity index (χ0) is 10.4. The molecule has 0 unspecified atom stereocenters. The van der Waals surface area contributed by atoms with E-state index in [9.17, 15) is 10.1 Å². The van der Waals surface area contributed by atoms with Crippen LogP contribution in [-0.2, 0) is 6.42 Å². The van der Waals surface area contributed by atoms with Crippen molar-refractivity contribution in [3.63, 3.8) is 0 Å². The van der Waals surface area contributed by atoms with Crippen LogP contribution >= 0.6 is 0 Å². The van der Waals surface area contributed by atoms with Gasteiger partial charge in [-0.3, -0.25) is 10.1 Å². The van der Waals surface area contributed by atoms with E-state index in [4.69, 9.17) is 0 Å². The van der Waals surface area contributed by atoms with Gasteiger partial charge in [-0.15, -0.1) is 6.58 Å². The van der Waals surface area contributed by atoms with E-state index < -0.39 is 0 Å². The number of aryl methyl sites for hydroxylation is 1. The van der Waals surface area contributed by atoms with E-state index in [1.54, 1.807) is 12.1 Å². The molecule has 1 aromatic carbocycles. The standard InChI is InChI=1S/C11H13NO2/c1-2-3-4-6-10-7-5-8-11(9-10)12(13)14/h2,5,7-9H,1,3-4,6H2. The summed E-state index contributed by atoms with van der Waals surface area (Å²) in [6.07, 6.45) is 4.67. The van der Waals surface area contributed by atoms with Gasteiger partial charge >= 0.3 is 0 Å². The van der Waals surface area contributed by atoms with Crippen molar-refractivity contribution in [1.29, 1.82) is 0 Å². The first-order valence-electron chi connectivity index (χ1n) is 4.58. The summed E-state index contributed by atoms with van der Waals surface area (Å²) < 4.78 is 0. The van der Waals surface area contributed by atoms with Crippen LogP contribution in [0.15, 0.2) is 36.9 Å². The molecule has 0 aliphatic heterocycles. The van der Waals surface area contributed by atoms with E-state index in [1.807, 2.05) is 12.1 Å². The Morgan fingerprint density at radius 1 is 1.50 bits per heavy atom. The third kappa shape index (κ3) is 3.01. The van der Waals surface area contributed by atoms with Crippen LogP contribution in [0.4, 0.5) is 5.69 Å². The van der Waals surface area contributed by atoms with Gasteiger partial charge in [0.25, 0.3) is 5.69 Å². The van der Waals surface area contributed by atoms with E-state index in [0.717, 1.165) is 24.8 Å². The topological polar surface area (TPSA) is 43.1 Å². The highest BCUT2D eigenvalue weighted by Gasteiger charge is 2.04. The maximum atomic E-state index is 10.5. The molecule has 0 atom stereocenters. The van der Waals surface area contributed by atoms with E-state index in [2.05, 4.69) is 6.58 Å². The third-order valence-corrected chi connectivity index (χ3v) is 2.00. The minimum atomic E-state index is -0.364. The molecule has 1 aromatic rings. The van der Waals surface area contributed by atoms with Gasteiger partial charge < -0.3 is 0 Å². The van der Waals surface area contributed by atoms with Crippen molar-refractivity contribution in [3.8, 4) is 0 Å². The monoisotopic (exact) mass is 191 g/mol. The summed E-state index contributed by atoms with van der Waals surface area (Å²) in [5.74, 6) is 0. The van der Waals surface area contributed by atoms with E-state index in [-0.39, 0.29) is 10.6 Å². The van der Waals surface area contributed by atoms with Gasteiger partial charge in [-0.25, -0.2) is 0 Å². The molecule has 0 aliphatic rings. The maximum Gasteiger partial charge on any atom is 0.269 e. The highest BCUT2D eigenvalue weighted by molar-refractivity contribution is 5.34. The average molecular weight is 191 g/mol. The molecule has 0 N–H and O–H groups in total. The predicted molar refractivity (Wildman–Crippen MR) is 56.2 cm³/mol. The highest BCUT2D eigenvalue weighted by Crippen LogP contribution is 2.14. The van der Waals surface area contributed by atoms with Crippen LogP contribution in [-0.4, -0.2) is 4.92 Å². The molecular formula is C11H13NO2. The number of allylic oxidation sites excluding steroid dienone is 1. The molecule has 3 nitrogen and oxygen atoms in total. The summed E-state index contributed by atoms with van der Waals surface area (Å²) >= 11 is 0. The SMILES string of the molecule is C=CCCCc1cccc([N+](=O)[O-])c1. The molecule has 1 rings (SSSR count). The number of nitro groups is 1. The van der Waals surface area contributed by atoms with Crippen molar-refractivity contribution < 1.29 is 4.92 Å². The predicted octanol–water partition coefficient (Wildman–Crippen LogP) is 3.10. The van der Waals surface area contributed by atoms with E-state index >= 15 is 0 Å². The maximum absolute atomic E-state index is 10.5. The summed E-state index contributed by atoms with van der Waals surface area (Å²) in [6.45, 7) is 3.63. The summed E-state index contributed by atoms with van der Waals surface area (Å²) in [7, 11) is 0. The Hall–Kier alpha value is -1.64. The number of benzene rings is 1. The largest absolute Gasteiger partial charge is 0.269 e. The first kappa shape index (κ1) is 10.4. The van der Waals surface area contributed by atoms with Crippen LogP contribution < -0.4 is 0 Å². The second kappa shape index (κ2) is 5.17. The Kier molecular flexibility index (Phi) is 3.85. The van der Waals surface area contributed by atoms with E-state index in [0.29, 0.717) is 0 Å². The molecule has 0 aromatic heterocycles. The van der Waals surface area contributed by atoms with Crippen LogP contribution in [0.5, 0.6) is 0 Å². The summed E-state index contributed by atoms with van der Waals surface area (Å²) in [4.78, 5) is 10.1. The van der Waals surface area contributed by atoms with Crippen molar-refractivity contribution in [2.45, 2.75) is 19.3 Å². The molecule has 0 fully saturated rings. The Labute approximate surface area is 83.2 Å². The van der Waals surface area contributed by atoms with Crippen molar-refractivity contribution in [1.82, 2.24) is 0 Å². The van der Waals surface area contributed by atoms with Crippen molar-refractivity contribution >= 4 is 5.69 Å². The molecule has 0 amide bonds. The van der Waals surface area contributed by atoms with Crippen molar-refractivity contribution in [3.05, 3.63) is 52.6 Å². The van der Waals surface area contributed by atoms with Gasteiger partial charge in [0.05, 0.1) is 4.92 Å². The quantitative estimate of drug-likeness (QED) is 0.310. The molecule has 0 heterocycles. The van der Waals surface area contributed by atoms with Gasteiger partial charge in [0.15, 0.2) is 0 Å². The third-order valence-electron chi connectivity index (χ3n) is 2.00. The van der Waals surface area contributed by atoms with Crippen molar-refractivity contribution in [2.24, 2.45) is 0 Å². The number of non-ortho nitro benzene ring substituents is 1. The molecule has 0 bridgehead atoms. The average Bonchev–Trinajstić information content (AvgIpc) is 2.19. The fourth-order valence-electron chi connectivity index (χ4n) is 1.28. The molecule has 0 saturated carbocycles. The molecule has 0 spiro atoms. The van der Waals surface area contributed by atoms with Crippen LogP contribution in [0.2, 0.25) is 0 Å². The molecular weight excluding hydrogens is 178 g/mol. The second-order valence-corrected chi connectivity index (χ2v) is 3.11. The Morgan fingerprint density at radius 2 is 2.29 bits per heavy atom. The number of nitro benzene ring substituents is 1. The van der Waals surface area contributed by atoms with Crippen LogP contribution in [0.1, 0.15) is 18.4 Å². The fraction of sp³-hybridized carbons (Fsp3) is 0.273. The molecule has 0 saturated heterocycles. The Balaban J connectivity index is 2.63. The normalized spacial score (nSPS) is 9.71. The van der Waals surface area contributed by atoms with Gasteiger partial charge in [0, 0.05) is 12.1 Å². The lowest BCUT2D eigenvalue weighted by molar-refractivity contribution is -0.384. The smallest absolute Gasteiger partial charge is 0.258 e. The number of unbranched alkanes of at least 4 members (excludes halogenated alkanes) is 1. The number of rotatable bonds is 5. The van der Waals surface area contributed by atoms with Gasteiger partial charge in [0.1, 0.15) is 0 Å². The minimum absolute atomic E-state index is 0.168. The lowest BCUT2D eigenvalue weighted by Gasteiger charge is -1.98. The summed E-state index contributed by atoms with van der Waals surface area (Å²) in [6, 6.07) is 6.78. The molecule has 0 radical (unpaired) electrons. The first-order valence-corrected chi connectivity index (χ1v) is 4.58. The van der Waals surface area contributed by atoms with Gasteiger partial charge in [0.2, 0.25) is 0 Å². The highest BCUT2D eigenvalue weighted by atomic mass is 16.6. The Morgan fingerprint density at radius 3 is 2.93 bits per heavy atom. The van der Waals surface area contributed by atoms with Crippen molar-refractivity contribution in [2.75, 3.05) is 0 Å². The summed E-state index contributed by atoms with van der Waals surface area (Å²) in [5.41, 5.74) is 1.18. The Bertz CT molecular complexity index is 334. The molecule has 14 heavy (non-hydrogen) atoms. The van der Waals surface area contributed by atoms with Gasteiger partial charge in [-0.2, -0.15) is 0 Å². The molecule has 3 heteroatoms. The zero-order valence-corrected chi connectivity index (χ0v) is 7.98. The lowest BCUT2D eigenvalue weighted by atomic mass is 10.1. The van der Waals surface area contributed by atoms with E-state index in [1.165, 1.54) is 6.07 Å². The number of hydrogen-bond donors (Lipinski definition) is 0. The van der Waals surface area contributed by atoms with Gasteiger partial charge in [-0.05, 0) is 24.8 Å². The molecule has 0 aliphatic carbocycles. The van der Waals surface area contributed by atoms with Crippen LogP contribution in [0.3, 0.4) is 0 Å². The lowest BCUT2D eigenvalue weighted by Crippen LogP contribution is -1.90. The van der Waals surface area contributed by atoms with Gasteiger partial charge in [-0.1, -0.05) is 18.2 Å². The fourth-order valence-corrected chi connectivity index (χ4v) is 1.28. The zero-order valence-electron chi connectivity index (χ0n) is 7.98. The second-order valence-electron chi connectivity index (χ2n) is 3.11.